The van der Waals surface area contributed by atoms with E-state index in [-0.39, 0.29) is 17.5 Å². The standard InChI is InChI=1S/C15H22N2O3/c1-11(10-17-7-5-16-6-8-17)15(19)13-9-12(20-2)3-4-14(13)18/h3-4,9,11,16,18H,5-8,10H2,1-2H3. The molecule has 110 valence electrons. The van der Waals surface area contributed by atoms with Gasteiger partial charge in [-0.25, -0.2) is 0 Å². The lowest BCUT2D eigenvalue weighted by atomic mass is 9.97. The van der Waals surface area contributed by atoms with Crippen molar-refractivity contribution in [3.63, 3.8) is 0 Å². The number of piperazine rings is 1. The fourth-order valence-corrected chi connectivity index (χ4v) is 2.47. The first-order valence-corrected chi connectivity index (χ1v) is 6.96. The summed E-state index contributed by atoms with van der Waals surface area (Å²) in [7, 11) is 1.55. The lowest BCUT2D eigenvalue weighted by molar-refractivity contribution is 0.0884. The average molecular weight is 278 g/mol. The smallest absolute Gasteiger partial charge is 0.170 e. The van der Waals surface area contributed by atoms with Crippen LogP contribution in [0.2, 0.25) is 0 Å². The Bertz CT molecular complexity index is 470. The van der Waals surface area contributed by atoms with E-state index in [1.54, 1.807) is 19.2 Å². The number of phenolic OH excluding ortho intramolecular Hbond substituents is 1. The van der Waals surface area contributed by atoms with E-state index in [0.29, 0.717) is 11.3 Å². The SMILES string of the molecule is COc1ccc(O)c(C(=O)C(C)CN2CCNCC2)c1. The van der Waals surface area contributed by atoms with Crippen LogP contribution in [0.3, 0.4) is 0 Å². The number of ether oxygens (including phenoxy) is 1. The van der Waals surface area contributed by atoms with Gasteiger partial charge in [-0.2, -0.15) is 0 Å². The molecule has 2 N–H and O–H groups in total. The third kappa shape index (κ3) is 3.49. The summed E-state index contributed by atoms with van der Waals surface area (Å²) >= 11 is 0. The summed E-state index contributed by atoms with van der Waals surface area (Å²) in [5.41, 5.74) is 0.340. The predicted octanol–water partition coefficient (Wildman–Crippen LogP) is 1.12. The van der Waals surface area contributed by atoms with Gasteiger partial charge in [0.25, 0.3) is 0 Å². The Morgan fingerprint density at radius 1 is 1.45 bits per heavy atom. The van der Waals surface area contributed by atoms with Crippen LogP contribution in [0.25, 0.3) is 0 Å². The van der Waals surface area contributed by atoms with Crippen molar-refractivity contribution in [1.82, 2.24) is 10.2 Å². The number of carbonyl (C=O) groups is 1. The Kier molecular flexibility index (Phi) is 4.98. The van der Waals surface area contributed by atoms with Crippen molar-refractivity contribution in [2.24, 2.45) is 5.92 Å². The second-order valence-corrected chi connectivity index (χ2v) is 5.20. The first-order chi connectivity index (χ1) is 9.61. The Morgan fingerprint density at radius 2 is 2.15 bits per heavy atom. The van der Waals surface area contributed by atoms with Crippen LogP contribution in [-0.4, -0.2) is 55.6 Å². The van der Waals surface area contributed by atoms with Gasteiger partial charge in [0.2, 0.25) is 0 Å². The second-order valence-electron chi connectivity index (χ2n) is 5.20. The molecule has 0 aromatic heterocycles. The van der Waals surface area contributed by atoms with Crippen molar-refractivity contribution in [3.8, 4) is 11.5 Å². The van der Waals surface area contributed by atoms with Gasteiger partial charge in [-0.05, 0) is 18.2 Å². The molecule has 1 atom stereocenters. The van der Waals surface area contributed by atoms with E-state index >= 15 is 0 Å². The second kappa shape index (κ2) is 6.72. The van der Waals surface area contributed by atoms with Crippen molar-refractivity contribution in [2.75, 3.05) is 39.8 Å². The zero-order valence-corrected chi connectivity index (χ0v) is 12.1. The molecule has 1 aromatic rings. The fourth-order valence-electron chi connectivity index (χ4n) is 2.47. The molecule has 20 heavy (non-hydrogen) atoms. The minimum absolute atomic E-state index is 0.0166. The number of hydrogen-bond donors (Lipinski definition) is 2. The molecule has 5 heteroatoms. The molecule has 0 amide bonds. The van der Waals surface area contributed by atoms with Gasteiger partial charge in [-0.1, -0.05) is 6.92 Å². The highest BCUT2D eigenvalue weighted by Gasteiger charge is 2.22. The topological polar surface area (TPSA) is 61.8 Å². The minimum atomic E-state index is -0.147. The van der Waals surface area contributed by atoms with Gasteiger partial charge in [0.05, 0.1) is 12.7 Å². The van der Waals surface area contributed by atoms with Gasteiger partial charge in [0.15, 0.2) is 5.78 Å². The molecule has 1 unspecified atom stereocenters. The monoisotopic (exact) mass is 278 g/mol. The maximum Gasteiger partial charge on any atom is 0.170 e. The molecule has 0 spiro atoms. The van der Waals surface area contributed by atoms with Crippen molar-refractivity contribution in [3.05, 3.63) is 23.8 Å². The molecule has 1 fully saturated rings. The predicted molar refractivity (Wildman–Crippen MR) is 77.5 cm³/mol. The van der Waals surface area contributed by atoms with Crippen LogP contribution in [0, 0.1) is 5.92 Å². The van der Waals surface area contributed by atoms with E-state index in [9.17, 15) is 9.90 Å². The number of benzene rings is 1. The van der Waals surface area contributed by atoms with Crippen LogP contribution in [-0.2, 0) is 0 Å². The maximum absolute atomic E-state index is 12.4. The Balaban J connectivity index is 2.05. The summed E-state index contributed by atoms with van der Waals surface area (Å²) in [6.07, 6.45) is 0. The van der Waals surface area contributed by atoms with Crippen LogP contribution in [0.1, 0.15) is 17.3 Å². The molecule has 0 bridgehead atoms. The molecule has 0 aliphatic carbocycles. The molecule has 5 nitrogen and oxygen atoms in total. The molecule has 1 saturated heterocycles. The van der Waals surface area contributed by atoms with Crippen molar-refractivity contribution >= 4 is 5.78 Å². The number of methoxy groups -OCH3 is 1. The highest BCUT2D eigenvalue weighted by Crippen LogP contribution is 2.25. The summed E-state index contributed by atoms with van der Waals surface area (Å²) in [4.78, 5) is 14.7. The number of carbonyl (C=O) groups excluding carboxylic acids is 1. The van der Waals surface area contributed by atoms with E-state index in [1.165, 1.54) is 6.07 Å². The Labute approximate surface area is 119 Å². The largest absolute Gasteiger partial charge is 0.507 e. The number of hydrogen-bond acceptors (Lipinski definition) is 5. The lowest BCUT2D eigenvalue weighted by Crippen LogP contribution is -2.45. The van der Waals surface area contributed by atoms with Gasteiger partial charge < -0.3 is 20.1 Å². The lowest BCUT2D eigenvalue weighted by Gasteiger charge is -2.29. The molecule has 0 saturated carbocycles. The van der Waals surface area contributed by atoms with E-state index < -0.39 is 0 Å². The summed E-state index contributed by atoms with van der Waals surface area (Å²) in [6, 6.07) is 4.75. The minimum Gasteiger partial charge on any atom is -0.507 e. The van der Waals surface area contributed by atoms with Gasteiger partial charge in [-0.3, -0.25) is 4.79 Å². The number of phenols is 1. The summed E-state index contributed by atoms with van der Waals surface area (Å²) < 4.78 is 5.11. The van der Waals surface area contributed by atoms with Crippen LogP contribution >= 0.6 is 0 Å². The third-order valence-corrected chi connectivity index (χ3v) is 3.66. The van der Waals surface area contributed by atoms with Crippen molar-refractivity contribution in [1.29, 1.82) is 0 Å². The molecule has 1 heterocycles. The zero-order chi connectivity index (χ0) is 14.5. The Hall–Kier alpha value is -1.59. The van der Waals surface area contributed by atoms with Crippen LogP contribution in [0.5, 0.6) is 11.5 Å². The van der Waals surface area contributed by atoms with Crippen LogP contribution in [0.15, 0.2) is 18.2 Å². The summed E-state index contributed by atoms with van der Waals surface area (Å²) in [6.45, 7) is 6.47. The van der Waals surface area contributed by atoms with E-state index in [2.05, 4.69) is 10.2 Å². The highest BCUT2D eigenvalue weighted by atomic mass is 16.5. The summed E-state index contributed by atoms with van der Waals surface area (Å²) in [5.74, 6) is 0.412. The number of nitrogens with one attached hydrogen (secondary N) is 1. The molecule has 2 rings (SSSR count). The van der Waals surface area contributed by atoms with Gasteiger partial charge in [0.1, 0.15) is 11.5 Å². The van der Waals surface area contributed by atoms with Gasteiger partial charge in [-0.15, -0.1) is 0 Å². The van der Waals surface area contributed by atoms with Crippen molar-refractivity contribution in [2.45, 2.75) is 6.92 Å². The number of nitrogens with zero attached hydrogens (tertiary/aromatic N) is 1. The van der Waals surface area contributed by atoms with E-state index in [0.717, 1.165) is 32.7 Å². The molecule has 1 aliphatic rings. The van der Waals surface area contributed by atoms with Crippen LogP contribution in [0.4, 0.5) is 0 Å². The number of rotatable bonds is 5. The molecule has 1 aromatic carbocycles. The molecule has 1 aliphatic heterocycles. The zero-order valence-electron chi connectivity index (χ0n) is 12.1. The molecular formula is C15H22N2O3. The average Bonchev–Trinajstić information content (AvgIpc) is 2.48. The van der Waals surface area contributed by atoms with Gasteiger partial charge in [0, 0.05) is 38.6 Å². The first kappa shape index (κ1) is 14.8. The maximum atomic E-state index is 12.4. The Morgan fingerprint density at radius 3 is 2.80 bits per heavy atom. The molecule has 0 radical (unpaired) electrons. The van der Waals surface area contributed by atoms with Crippen LogP contribution < -0.4 is 10.1 Å². The number of Topliss-reactive ketones (excluding diaryl/α,β-unsaturated/α-hetero) is 1. The first-order valence-electron chi connectivity index (χ1n) is 6.96. The normalized spacial score (nSPS) is 17.7. The summed E-state index contributed by atoms with van der Waals surface area (Å²) in [5, 5.41) is 13.1. The molecular weight excluding hydrogens is 256 g/mol. The quantitative estimate of drug-likeness (QED) is 0.791. The highest BCUT2D eigenvalue weighted by molar-refractivity contribution is 6.00. The number of aromatic hydroxyl groups is 1. The fraction of sp³-hybridized carbons (Fsp3) is 0.533. The third-order valence-electron chi connectivity index (χ3n) is 3.66. The van der Waals surface area contributed by atoms with Gasteiger partial charge >= 0.3 is 0 Å². The van der Waals surface area contributed by atoms with E-state index in [4.69, 9.17) is 4.74 Å². The van der Waals surface area contributed by atoms with E-state index in [1.807, 2.05) is 6.92 Å². The number of ketones is 1. The van der Waals surface area contributed by atoms with Crippen molar-refractivity contribution < 1.29 is 14.6 Å².